The highest BCUT2D eigenvalue weighted by atomic mass is 19.4. The lowest BCUT2D eigenvalue weighted by Crippen LogP contribution is -2.47. The van der Waals surface area contributed by atoms with Gasteiger partial charge in [0.05, 0.1) is 17.2 Å². The molecule has 0 fully saturated rings. The zero-order chi connectivity index (χ0) is 18.9. The van der Waals surface area contributed by atoms with E-state index in [1.807, 2.05) is 0 Å². The molecule has 0 aliphatic rings. The molecule has 0 saturated carbocycles. The van der Waals surface area contributed by atoms with Gasteiger partial charge in [-0.3, -0.25) is 0 Å². The molecule has 0 amide bonds. The van der Waals surface area contributed by atoms with Crippen molar-refractivity contribution < 1.29 is 22.7 Å². The van der Waals surface area contributed by atoms with Crippen molar-refractivity contribution in [2.75, 3.05) is 0 Å². The number of H-pyrrole nitrogens is 1. The zero-order valence-electron chi connectivity index (χ0n) is 13.9. The van der Waals surface area contributed by atoms with E-state index in [0.717, 1.165) is 0 Å². The summed E-state index contributed by atoms with van der Waals surface area (Å²) in [6, 6.07) is 5.42. The minimum absolute atomic E-state index is 0.0976. The molecule has 0 aliphatic carbocycles. The Kier molecular flexibility index (Phi) is 4.70. The second-order valence-electron chi connectivity index (χ2n) is 6.39. The van der Waals surface area contributed by atoms with Crippen molar-refractivity contribution in [3.05, 3.63) is 59.4 Å². The van der Waals surface area contributed by atoms with Crippen LogP contribution >= 0.6 is 0 Å². The molecule has 1 aromatic carbocycles. The summed E-state index contributed by atoms with van der Waals surface area (Å²) in [5, 5.41) is 10.4. The summed E-state index contributed by atoms with van der Waals surface area (Å²) in [6.45, 7) is 1.69. The van der Waals surface area contributed by atoms with Gasteiger partial charge in [-0.2, -0.15) is 13.2 Å². The van der Waals surface area contributed by atoms with Gasteiger partial charge in [0.2, 0.25) is 0 Å². The molecule has 8 heteroatoms. The quantitative estimate of drug-likeness (QED) is 0.673. The van der Waals surface area contributed by atoms with Crippen LogP contribution in [0, 0.1) is 12.7 Å². The van der Waals surface area contributed by atoms with Gasteiger partial charge in [0.15, 0.2) is 5.60 Å². The van der Waals surface area contributed by atoms with Crippen LogP contribution in [0.1, 0.15) is 23.2 Å². The van der Waals surface area contributed by atoms with E-state index in [-0.39, 0.29) is 12.1 Å². The van der Waals surface area contributed by atoms with Crippen LogP contribution in [-0.4, -0.2) is 31.8 Å². The smallest absolute Gasteiger partial charge is 0.380 e. The maximum atomic E-state index is 13.6. The van der Waals surface area contributed by atoms with E-state index in [4.69, 9.17) is 0 Å². The SMILES string of the molecule is Cc1ccc(F)cc1CC[C@](O)(Cc1cc2ncncc2[nH]1)C(F)(F)F. The van der Waals surface area contributed by atoms with Crippen molar-refractivity contribution >= 4 is 11.0 Å². The fourth-order valence-corrected chi connectivity index (χ4v) is 2.92. The first kappa shape index (κ1) is 18.3. The molecular formula is C18H17F4N3O. The summed E-state index contributed by atoms with van der Waals surface area (Å²) >= 11 is 0. The number of alkyl halides is 3. The Morgan fingerprint density at radius 2 is 1.96 bits per heavy atom. The Labute approximate surface area is 146 Å². The Balaban J connectivity index is 1.85. The van der Waals surface area contributed by atoms with Crippen molar-refractivity contribution in [3.63, 3.8) is 0 Å². The number of aromatic amines is 1. The minimum Gasteiger partial charge on any atom is -0.380 e. The molecule has 0 spiro atoms. The van der Waals surface area contributed by atoms with E-state index < -0.39 is 30.4 Å². The summed E-state index contributed by atoms with van der Waals surface area (Å²) in [5.74, 6) is -0.518. The monoisotopic (exact) mass is 367 g/mol. The third-order valence-electron chi connectivity index (χ3n) is 4.48. The summed E-state index contributed by atoms with van der Waals surface area (Å²) in [6.07, 6.45) is -3.42. The zero-order valence-corrected chi connectivity index (χ0v) is 13.9. The summed E-state index contributed by atoms with van der Waals surface area (Å²) in [7, 11) is 0. The molecule has 0 radical (unpaired) electrons. The van der Waals surface area contributed by atoms with Crippen molar-refractivity contribution in [1.29, 1.82) is 0 Å². The molecule has 3 rings (SSSR count). The van der Waals surface area contributed by atoms with Crippen LogP contribution in [0.2, 0.25) is 0 Å². The number of aliphatic hydroxyl groups is 1. The number of hydrogen-bond donors (Lipinski definition) is 2. The lowest BCUT2D eigenvalue weighted by atomic mass is 9.88. The maximum Gasteiger partial charge on any atom is 0.417 e. The van der Waals surface area contributed by atoms with Crippen LogP contribution in [0.5, 0.6) is 0 Å². The molecule has 26 heavy (non-hydrogen) atoms. The first-order valence-electron chi connectivity index (χ1n) is 8.00. The van der Waals surface area contributed by atoms with Gasteiger partial charge in [0.1, 0.15) is 12.1 Å². The molecule has 0 saturated heterocycles. The minimum atomic E-state index is -4.84. The average molecular weight is 367 g/mol. The van der Waals surface area contributed by atoms with Gasteiger partial charge < -0.3 is 10.1 Å². The molecule has 0 bridgehead atoms. The number of nitrogens with zero attached hydrogens (tertiary/aromatic N) is 2. The van der Waals surface area contributed by atoms with Gasteiger partial charge in [-0.15, -0.1) is 0 Å². The lowest BCUT2D eigenvalue weighted by molar-refractivity contribution is -0.262. The van der Waals surface area contributed by atoms with Crippen molar-refractivity contribution in [1.82, 2.24) is 15.0 Å². The number of halogens is 4. The molecule has 0 unspecified atom stereocenters. The normalized spacial score (nSPS) is 14.5. The molecule has 1 atom stereocenters. The van der Waals surface area contributed by atoms with Crippen LogP contribution in [0.25, 0.3) is 11.0 Å². The highest BCUT2D eigenvalue weighted by molar-refractivity contribution is 5.74. The van der Waals surface area contributed by atoms with E-state index in [1.54, 1.807) is 6.92 Å². The molecular weight excluding hydrogens is 350 g/mol. The Bertz CT molecular complexity index is 889. The van der Waals surface area contributed by atoms with Gasteiger partial charge in [-0.25, -0.2) is 14.4 Å². The Hall–Kier alpha value is -2.48. The fourth-order valence-electron chi connectivity index (χ4n) is 2.92. The first-order valence-corrected chi connectivity index (χ1v) is 8.00. The van der Waals surface area contributed by atoms with Crippen LogP contribution in [0.15, 0.2) is 36.8 Å². The summed E-state index contributed by atoms with van der Waals surface area (Å²) in [5.41, 5.74) is -0.656. The molecule has 2 heterocycles. The van der Waals surface area contributed by atoms with E-state index in [2.05, 4.69) is 15.0 Å². The van der Waals surface area contributed by atoms with E-state index in [9.17, 15) is 22.7 Å². The van der Waals surface area contributed by atoms with Crippen LogP contribution in [0.3, 0.4) is 0 Å². The number of benzene rings is 1. The first-order chi connectivity index (χ1) is 12.2. The van der Waals surface area contributed by atoms with Crippen LogP contribution in [0.4, 0.5) is 17.6 Å². The number of aromatic nitrogens is 3. The highest BCUT2D eigenvalue weighted by Gasteiger charge is 2.53. The van der Waals surface area contributed by atoms with Crippen molar-refractivity contribution in [3.8, 4) is 0 Å². The molecule has 4 nitrogen and oxygen atoms in total. The predicted molar refractivity (Wildman–Crippen MR) is 88.1 cm³/mol. The van der Waals surface area contributed by atoms with Gasteiger partial charge in [-0.05, 0) is 49.1 Å². The average Bonchev–Trinajstić information content (AvgIpc) is 2.96. The Morgan fingerprint density at radius 1 is 1.19 bits per heavy atom. The predicted octanol–water partition coefficient (Wildman–Crippen LogP) is 3.87. The third-order valence-corrected chi connectivity index (χ3v) is 4.48. The lowest BCUT2D eigenvalue weighted by Gasteiger charge is -2.30. The van der Waals surface area contributed by atoms with Gasteiger partial charge in [0.25, 0.3) is 0 Å². The van der Waals surface area contributed by atoms with Gasteiger partial charge in [-0.1, -0.05) is 6.07 Å². The molecule has 138 valence electrons. The van der Waals surface area contributed by atoms with Crippen molar-refractivity contribution in [2.24, 2.45) is 0 Å². The third kappa shape index (κ3) is 3.70. The number of rotatable bonds is 5. The second-order valence-corrected chi connectivity index (χ2v) is 6.39. The van der Waals surface area contributed by atoms with Gasteiger partial charge in [0, 0.05) is 12.1 Å². The number of hydrogen-bond acceptors (Lipinski definition) is 3. The second kappa shape index (κ2) is 6.68. The van der Waals surface area contributed by atoms with E-state index >= 15 is 0 Å². The number of nitrogens with one attached hydrogen (secondary N) is 1. The molecule has 2 aromatic heterocycles. The molecule has 2 N–H and O–H groups in total. The highest BCUT2D eigenvalue weighted by Crippen LogP contribution is 2.37. The largest absolute Gasteiger partial charge is 0.417 e. The number of aryl methyl sites for hydroxylation is 2. The summed E-state index contributed by atoms with van der Waals surface area (Å²) in [4.78, 5) is 10.6. The van der Waals surface area contributed by atoms with Crippen molar-refractivity contribution in [2.45, 2.75) is 38.0 Å². The maximum absolute atomic E-state index is 13.6. The Morgan fingerprint density at radius 3 is 2.65 bits per heavy atom. The van der Waals surface area contributed by atoms with Crippen LogP contribution in [-0.2, 0) is 12.8 Å². The molecule has 0 aliphatic heterocycles. The standard InChI is InChI=1S/C18H17F4N3O/c1-11-2-3-13(19)6-12(11)4-5-17(26,18(20,21)22)8-14-7-15-16(25-14)9-23-10-24-15/h2-3,6-7,9-10,25-26H,4-5,8H2,1H3/t17-/m0/s1. The van der Waals surface area contributed by atoms with E-state index in [0.29, 0.717) is 22.2 Å². The van der Waals surface area contributed by atoms with Crippen LogP contribution < -0.4 is 0 Å². The fraction of sp³-hybridized carbons (Fsp3) is 0.333. The summed E-state index contributed by atoms with van der Waals surface area (Å²) < 4.78 is 54.0. The van der Waals surface area contributed by atoms with E-state index in [1.165, 1.54) is 36.8 Å². The number of fused-ring (bicyclic) bond motifs is 1. The molecule has 3 aromatic rings. The van der Waals surface area contributed by atoms with Gasteiger partial charge >= 0.3 is 6.18 Å². The topological polar surface area (TPSA) is 61.8 Å².